The van der Waals surface area contributed by atoms with Crippen LogP contribution in [-0.2, 0) is 4.74 Å². The third-order valence-corrected chi connectivity index (χ3v) is 2.02. The molecule has 0 bridgehead atoms. The van der Waals surface area contributed by atoms with Crippen molar-refractivity contribution in [3.63, 3.8) is 0 Å². The first-order chi connectivity index (χ1) is 7.77. The molecule has 1 rings (SSSR count). The van der Waals surface area contributed by atoms with Crippen LogP contribution in [0.5, 0.6) is 0 Å². The molecule has 5 heteroatoms. The van der Waals surface area contributed by atoms with Crippen LogP contribution in [0.4, 0.5) is 5.82 Å². The van der Waals surface area contributed by atoms with Gasteiger partial charge >= 0.3 is 0 Å². The fourth-order valence-electron chi connectivity index (χ4n) is 1.16. The molecule has 0 aromatic carbocycles. The Bertz CT molecular complexity index is 325. The molecule has 5 nitrogen and oxygen atoms in total. The predicted molar refractivity (Wildman–Crippen MR) is 62.6 cm³/mol. The lowest BCUT2D eigenvalue weighted by atomic mass is 10.2. The maximum absolute atomic E-state index is 11.6. The van der Waals surface area contributed by atoms with Gasteiger partial charge in [-0.3, -0.25) is 4.79 Å². The lowest BCUT2D eigenvalue weighted by molar-refractivity contribution is 0.0922. The van der Waals surface area contributed by atoms with E-state index in [1.807, 2.05) is 6.92 Å². The summed E-state index contributed by atoms with van der Waals surface area (Å²) in [6, 6.07) is 3.49. The molecule has 0 aliphatic heterocycles. The highest BCUT2D eigenvalue weighted by atomic mass is 16.5. The molecule has 1 heterocycles. The highest BCUT2D eigenvalue weighted by Gasteiger charge is 2.04. The van der Waals surface area contributed by atoms with Crippen molar-refractivity contribution in [2.24, 2.45) is 0 Å². The molecule has 16 heavy (non-hydrogen) atoms. The molecule has 0 saturated heterocycles. The summed E-state index contributed by atoms with van der Waals surface area (Å²) < 4.78 is 5.12. The van der Waals surface area contributed by atoms with Crippen LogP contribution < -0.4 is 10.6 Å². The first kappa shape index (κ1) is 12.4. The second-order valence-electron chi connectivity index (χ2n) is 3.13. The van der Waals surface area contributed by atoms with E-state index < -0.39 is 0 Å². The molecule has 88 valence electrons. The largest absolute Gasteiger partial charge is 0.380 e. The summed E-state index contributed by atoms with van der Waals surface area (Å²) in [7, 11) is 1.78. The molecule has 1 aromatic rings. The van der Waals surface area contributed by atoms with Crippen molar-refractivity contribution < 1.29 is 9.53 Å². The monoisotopic (exact) mass is 223 g/mol. The molecule has 0 aliphatic carbocycles. The zero-order chi connectivity index (χ0) is 11.8. The number of rotatable bonds is 6. The van der Waals surface area contributed by atoms with E-state index in [1.165, 1.54) is 0 Å². The van der Waals surface area contributed by atoms with Gasteiger partial charge < -0.3 is 15.4 Å². The first-order valence-electron chi connectivity index (χ1n) is 5.27. The molecule has 0 atom stereocenters. The number of anilines is 1. The SMILES string of the molecule is CCOCCNC(=O)c1ccc(NC)nc1. The number of pyridine rings is 1. The minimum absolute atomic E-state index is 0.130. The van der Waals surface area contributed by atoms with Gasteiger partial charge in [0.1, 0.15) is 5.82 Å². The Morgan fingerprint density at radius 1 is 1.50 bits per heavy atom. The summed E-state index contributed by atoms with van der Waals surface area (Å²) in [5.41, 5.74) is 0.551. The second kappa shape index (κ2) is 6.79. The van der Waals surface area contributed by atoms with Gasteiger partial charge in [-0.15, -0.1) is 0 Å². The van der Waals surface area contributed by atoms with E-state index >= 15 is 0 Å². The van der Waals surface area contributed by atoms with Crippen LogP contribution in [0.3, 0.4) is 0 Å². The number of amides is 1. The summed E-state index contributed by atoms with van der Waals surface area (Å²) in [6.07, 6.45) is 1.54. The van der Waals surface area contributed by atoms with Gasteiger partial charge in [0, 0.05) is 26.4 Å². The van der Waals surface area contributed by atoms with Crippen molar-refractivity contribution in [3.05, 3.63) is 23.9 Å². The molecule has 0 saturated carbocycles. The molecule has 0 aliphatic rings. The Labute approximate surface area is 95.2 Å². The molecular weight excluding hydrogens is 206 g/mol. The normalized spacial score (nSPS) is 9.88. The molecule has 0 fully saturated rings. The van der Waals surface area contributed by atoms with E-state index in [1.54, 1.807) is 25.4 Å². The summed E-state index contributed by atoms with van der Waals surface area (Å²) in [5, 5.41) is 5.64. The highest BCUT2D eigenvalue weighted by Crippen LogP contribution is 2.03. The topological polar surface area (TPSA) is 63.2 Å². The van der Waals surface area contributed by atoms with Crippen molar-refractivity contribution in [3.8, 4) is 0 Å². The van der Waals surface area contributed by atoms with Crippen LogP contribution in [0, 0.1) is 0 Å². The van der Waals surface area contributed by atoms with Crippen molar-refractivity contribution in [2.45, 2.75) is 6.92 Å². The lowest BCUT2D eigenvalue weighted by Gasteiger charge is -2.05. The van der Waals surface area contributed by atoms with Crippen molar-refractivity contribution in [1.29, 1.82) is 0 Å². The zero-order valence-electron chi connectivity index (χ0n) is 9.62. The number of hydrogen-bond acceptors (Lipinski definition) is 4. The third kappa shape index (κ3) is 3.86. The van der Waals surface area contributed by atoms with Gasteiger partial charge in [0.2, 0.25) is 0 Å². The maximum atomic E-state index is 11.6. The van der Waals surface area contributed by atoms with Crippen LogP contribution in [0.1, 0.15) is 17.3 Å². The summed E-state index contributed by atoms with van der Waals surface area (Å²) >= 11 is 0. The second-order valence-corrected chi connectivity index (χ2v) is 3.13. The number of aromatic nitrogens is 1. The first-order valence-corrected chi connectivity index (χ1v) is 5.27. The molecular formula is C11H17N3O2. The number of nitrogens with zero attached hydrogens (tertiary/aromatic N) is 1. The van der Waals surface area contributed by atoms with E-state index in [0.29, 0.717) is 25.3 Å². The lowest BCUT2D eigenvalue weighted by Crippen LogP contribution is -2.27. The van der Waals surface area contributed by atoms with Gasteiger partial charge in [-0.05, 0) is 19.1 Å². The Morgan fingerprint density at radius 2 is 2.31 bits per heavy atom. The Balaban J connectivity index is 2.40. The standard InChI is InChI=1S/C11H17N3O2/c1-3-16-7-6-13-11(15)9-4-5-10(12-2)14-8-9/h4-5,8H,3,6-7H2,1-2H3,(H,12,14)(H,13,15). The van der Waals surface area contributed by atoms with Crippen LogP contribution >= 0.6 is 0 Å². The van der Waals surface area contributed by atoms with Gasteiger partial charge in [0.15, 0.2) is 0 Å². The van der Waals surface area contributed by atoms with Crippen molar-refractivity contribution in [2.75, 3.05) is 32.1 Å². The molecule has 0 spiro atoms. The molecule has 1 aromatic heterocycles. The number of carbonyl (C=O) groups excluding carboxylic acids is 1. The van der Waals surface area contributed by atoms with Crippen LogP contribution in [0.15, 0.2) is 18.3 Å². The minimum atomic E-state index is -0.130. The van der Waals surface area contributed by atoms with Gasteiger partial charge in [0.05, 0.1) is 12.2 Å². The average molecular weight is 223 g/mol. The van der Waals surface area contributed by atoms with Gasteiger partial charge in [0.25, 0.3) is 5.91 Å². The quantitative estimate of drug-likeness (QED) is 0.703. The number of carbonyl (C=O) groups is 1. The fraction of sp³-hybridized carbons (Fsp3) is 0.455. The van der Waals surface area contributed by atoms with E-state index in [2.05, 4.69) is 15.6 Å². The van der Waals surface area contributed by atoms with Crippen LogP contribution in [0.25, 0.3) is 0 Å². The number of ether oxygens (including phenoxy) is 1. The van der Waals surface area contributed by atoms with Gasteiger partial charge in [-0.25, -0.2) is 4.98 Å². The Morgan fingerprint density at radius 3 is 2.88 bits per heavy atom. The van der Waals surface area contributed by atoms with E-state index in [-0.39, 0.29) is 5.91 Å². The highest BCUT2D eigenvalue weighted by molar-refractivity contribution is 5.94. The van der Waals surface area contributed by atoms with Crippen molar-refractivity contribution >= 4 is 11.7 Å². The molecule has 0 radical (unpaired) electrons. The van der Waals surface area contributed by atoms with E-state index in [0.717, 1.165) is 5.82 Å². The van der Waals surface area contributed by atoms with Crippen molar-refractivity contribution in [1.82, 2.24) is 10.3 Å². The molecule has 2 N–H and O–H groups in total. The Hall–Kier alpha value is -1.62. The molecule has 1 amide bonds. The number of hydrogen-bond donors (Lipinski definition) is 2. The van der Waals surface area contributed by atoms with Gasteiger partial charge in [-0.1, -0.05) is 0 Å². The smallest absolute Gasteiger partial charge is 0.252 e. The van der Waals surface area contributed by atoms with E-state index in [9.17, 15) is 4.79 Å². The molecule has 0 unspecified atom stereocenters. The average Bonchev–Trinajstić information content (AvgIpc) is 2.34. The minimum Gasteiger partial charge on any atom is -0.380 e. The predicted octanol–water partition coefficient (Wildman–Crippen LogP) is 0.890. The third-order valence-electron chi connectivity index (χ3n) is 2.02. The maximum Gasteiger partial charge on any atom is 0.252 e. The number of nitrogens with one attached hydrogen (secondary N) is 2. The summed E-state index contributed by atoms with van der Waals surface area (Å²) in [5.74, 6) is 0.612. The van der Waals surface area contributed by atoms with Crippen LogP contribution in [-0.4, -0.2) is 37.7 Å². The Kier molecular flexibility index (Phi) is 5.28. The van der Waals surface area contributed by atoms with E-state index in [4.69, 9.17) is 4.74 Å². The zero-order valence-corrected chi connectivity index (χ0v) is 9.62. The van der Waals surface area contributed by atoms with Gasteiger partial charge in [-0.2, -0.15) is 0 Å². The fourth-order valence-corrected chi connectivity index (χ4v) is 1.16. The summed E-state index contributed by atoms with van der Waals surface area (Å²) in [6.45, 7) is 3.63. The van der Waals surface area contributed by atoms with Crippen LogP contribution in [0.2, 0.25) is 0 Å². The summed E-state index contributed by atoms with van der Waals surface area (Å²) in [4.78, 5) is 15.6.